The lowest BCUT2D eigenvalue weighted by molar-refractivity contribution is 0.0281. The van der Waals surface area contributed by atoms with Crippen molar-refractivity contribution < 1.29 is 13.2 Å². The molecule has 6 heteroatoms. The summed E-state index contributed by atoms with van der Waals surface area (Å²) >= 11 is 0. The van der Waals surface area contributed by atoms with E-state index in [2.05, 4.69) is 42.1 Å². The van der Waals surface area contributed by atoms with E-state index >= 15 is 0 Å². The summed E-state index contributed by atoms with van der Waals surface area (Å²) in [5.41, 5.74) is 2.48. The van der Waals surface area contributed by atoms with E-state index in [1.807, 2.05) is 18.2 Å². The smallest absolute Gasteiger partial charge is 0.232 e. The van der Waals surface area contributed by atoms with Gasteiger partial charge >= 0.3 is 0 Å². The van der Waals surface area contributed by atoms with Gasteiger partial charge in [-0.3, -0.25) is 10.0 Å². The first-order valence-corrected chi connectivity index (χ1v) is 12.3. The molecule has 0 fully saturated rings. The summed E-state index contributed by atoms with van der Waals surface area (Å²) in [6.45, 7) is 5.02. The number of ether oxygens (including phenoxy) is 1. The van der Waals surface area contributed by atoms with Gasteiger partial charge in [-0.25, -0.2) is 8.42 Å². The molecular formula is C23H32N2O3S. The van der Waals surface area contributed by atoms with Crippen LogP contribution in [0.15, 0.2) is 48.5 Å². The molecule has 0 radical (unpaired) electrons. The van der Waals surface area contributed by atoms with Crippen LogP contribution in [0.5, 0.6) is 5.75 Å². The van der Waals surface area contributed by atoms with Crippen LogP contribution in [0.3, 0.4) is 0 Å². The highest BCUT2D eigenvalue weighted by Gasteiger charge is 2.39. The Morgan fingerprint density at radius 3 is 2.45 bits per heavy atom. The number of unbranched alkanes of at least 4 members (excludes halogenated alkanes) is 3. The number of fused-ring (bicyclic) bond motifs is 1. The first-order valence-electron chi connectivity index (χ1n) is 10.6. The molecular weight excluding hydrogens is 384 g/mol. The van der Waals surface area contributed by atoms with Crippen molar-refractivity contribution in [2.45, 2.75) is 64.6 Å². The molecule has 2 N–H and O–H groups in total. The quantitative estimate of drug-likeness (QED) is 0.498. The van der Waals surface area contributed by atoms with Crippen molar-refractivity contribution >= 4 is 15.7 Å². The molecule has 0 saturated carbocycles. The molecule has 0 amide bonds. The van der Waals surface area contributed by atoms with Crippen LogP contribution in [0, 0.1) is 0 Å². The number of sulfonamides is 1. The van der Waals surface area contributed by atoms with Gasteiger partial charge in [-0.15, -0.1) is 0 Å². The second kappa shape index (κ2) is 9.63. The summed E-state index contributed by atoms with van der Waals surface area (Å²) in [5, 5.41) is 3.57. The molecule has 0 aromatic heterocycles. The molecule has 0 spiro atoms. The van der Waals surface area contributed by atoms with Crippen LogP contribution in [0.4, 0.5) is 5.69 Å². The first-order chi connectivity index (χ1) is 14.0. The lowest BCUT2D eigenvalue weighted by Gasteiger charge is -2.32. The number of rotatable bonds is 11. The molecule has 2 aromatic rings. The largest absolute Gasteiger partial charge is 0.469 e. The average molecular weight is 417 g/mol. The van der Waals surface area contributed by atoms with E-state index in [0.29, 0.717) is 12.1 Å². The fourth-order valence-electron chi connectivity index (χ4n) is 3.76. The summed E-state index contributed by atoms with van der Waals surface area (Å²) in [5.74, 6) is 0.874. The second-order valence-corrected chi connectivity index (χ2v) is 9.54. The minimum absolute atomic E-state index is 0.153. The molecule has 2 aromatic carbocycles. The van der Waals surface area contributed by atoms with Crippen molar-refractivity contribution in [3.8, 4) is 5.75 Å². The summed E-state index contributed by atoms with van der Waals surface area (Å²) in [6, 6.07) is 15.6. The Kier molecular flexibility index (Phi) is 7.19. The van der Waals surface area contributed by atoms with Crippen LogP contribution in [-0.4, -0.2) is 14.2 Å². The van der Waals surface area contributed by atoms with E-state index in [1.165, 1.54) is 11.1 Å². The molecule has 1 aliphatic heterocycles. The molecule has 1 aliphatic rings. The van der Waals surface area contributed by atoms with Gasteiger partial charge in [-0.2, -0.15) is 0 Å². The fourth-order valence-corrected chi connectivity index (χ4v) is 4.94. The van der Waals surface area contributed by atoms with Gasteiger partial charge in [0.15, 0.2) is 5.72 Å². The second-order valence-electron chi connectivity index (χ2n) is 7.70. The lowest BCUT2D eigenvalue weighted by Crippen LogP contribution is -2.42. The molecule has 29 heavy (non-hydrogen) atoms. The Bertz CT molecular complexity index is 897. The zero-order valence-electron chi connectivity index (χ0n) is 17.4. The first kappa shape index (κ1) is 21.7. The van der Waals surface area contributed by atoms with Gasteiger partial charge < -0.3 is 4.74 Å². The zero-order chi connectivity index (χ0) is 20.7. The van der Waals surface area contributed by atoms with E-state index in [-0.39, 0.29) is 5.75 Å². The van der Waals surface area contributed by atoms with E-state index in [0.717, 1.165) is 44.4 Å². The predicted molar refractivity (Wildman–Crippen MR) is 118 cm³/mol. The Hall–Kier alpha value is -2.05. The third-order valence-electron chi connectivity index (χ3n) is 5.34. The van der Waals surface area contributed by atoms with Gasteiger partial charge in [0.25, 0.3) is 0 Å². The average Bonchev–Trinajstić information content (AvgIpc) is 3.07. The van der Waals surface area contributed by atoms with Crippen molar-refractivity contribution in [1.82, 2.24) is 5.32 Å². The normalized spacial score (nSPS) is 18.4. The van der Waals surface area contributed by atoms with Gasteiger partial charge in [-0.1, -0.05) is 57.4 Å². The number of nitrogens with one attached hydrogen (secondary N) is 2. The van der Waals surface area contributed by atoms with Crippen LogP contribution in [0.25, 0.3) is 0 Å². The number of hydrogen-bond donors (Lipinski definition) is 2. The number of benzene rings is 2. The maximum absolute atomic E-state index is 12.2. The Morgan fingerprint density at radius 1 is 1.00 bits per heavy atom. The Labute approximate surface area is 174 Å². The maximum Gasteiger partial charge on any atom is 0.232 e. The fraction of sp³-hybridized carbons (Fsp3) is 0.478. The van der Waals surface area contributed by atoms with Crippen LogP contribution in [-0.2, 0) is 22.3 Å². The van der Waals surface area contributed by atoms with Crippen molar-refractivity contribution in [2.75, 3.05) is 10.5 Å². The molecule has 0 aliphatic carbocycles. The monoisotopic (exact) mass is 416 g/mol. The van der Waals surface area contributed by atoms with Crippen LogP contribution in [0.1, 0.15) is 63.5 Å². The van der Waals surface area contributed by atoms with Gasteiger partial charge in [0.2, 0.25) is 10.0 Å². The van der Waals surface area contributed by atoms with Gasteiger partial charge in [0.1, 0.15) is 5.75 Å². The van der Waals surface area contributed by atoms with E-state index in [9.17, 15) is 8.42 Å². The minimum atomic E-state index is -3.31. The minimum Gasteiger partial charge on any atom is -0.469 e. The topological polar surface area (TPSA) is 67.4 Å². The molecule has 1 heterocycles. The third kappa shape index (κ3) is 5.52. The van der Waals surface area contributed by atoms with Crippen LogP contribution in [0.2, 0.25) is 0 Å². The summed E-state index contributed by atoms with van der Waals surface area (Å²) in [6.07, 6.45) is 5.62. The van der Waals surface area contributed by atoms with Crippen molar-refractivity contribution in [3.63, 3.8) is 0 Å². The molecule has 5 nitrogen and oxygen atoms in total. The predicted octanol–water partition coefficient (Wildman–Crippen LogP) is 5.14. The summed E-state index contributed by atoms with van der Waals surface area (Å²) in [7, 11) is -3.31. The van der Waals surface area contributed by atoms with Crippen molar-refractivity contribution in [3.05, 3.63) is 59.7 Å². The standard InChI is InChI=1S/C23H32N2O3S/c1-3-5-9-17-29(26,27)25-20-12-14-21(15-13-20)28-23(16-6-4-2)22-11-8-7-10-19(22)18-24-23/h7-8,10-15,24-25H,3-6,9,16-18H2,1-2H3. The van der Waals surface area contributed by atoms with Gasteiger partial charge in [-0.05, 0) is 42.7 Å². The molecule has 3 rings (SSSR count). The molecule has 1 atom stereocenters. The van der Waals surface area contributed by atoms with Crippen LogP contribution < -0.4 is 14.8 Å². The van der Waals surface area contributed by atoms with E-state index in [4.69, 9.17) is 4.74 Å². The summed E-state index contributed by atoms with van der Waals surface area (Å²) < 4.78 is 33.5. The Morgan fingerprint density at radius 2 is 1.72 bits per heavy atom. The SMILES string of the molecule is CCCCCS(=O)(=O)Nc1ccc(OC2(CCCC)NCc3ccccc32)cc1. The third-order valence-corrected chi connectivity index (χ3v) is 6.71. The summed E-state index contributed by atoms with van der Waals surface area (Å²) in [4.78, 5) is 0. The number of anilines is 1. The lowest BCUT2D eigenvalue weighted by atomic mass is 9.96. The van der Waals surface area contributed by atoms with Gasteiger partial charge in [0, 0.05) is 24.2 Å². The molecule has 1 unspecified atom stereocenters. The molecule has 158 valence electrons. The zero-order valence-corrected chi connectivity index (χ0v) is 18.2. The van der Waals surface area contributed by atoms with Crippen molar-refractivity contribution in [2.24, 2.45) is 0 Å². The highest BCUT2D eigenvalue weighted by atomic mass is 32.2. The molecule has 0 saturated heterocycles. The maximum atomic E-state index is 12.2. The highest BCUT2D eigenvalue weighted by molar-refractivity contribution is 7.92. The Balaban J connectivity index is 1.72. The van der Waals surface area contributed by atoms with E-state index in [1.54, 1.807) is 12.1 Å². The number of hydrogen-bond acceptors (Lipinski definition) is 4. The van der Waals surface area contributed by atoms with E-state index < -0.39 is 15.7 Å². The van der Waals surface area contributed by atoms with Crippen LogP contribution >= 0.6 is 0 Å². The highest BCUT2D eigenvalue weighted by Crippen LogP contribution is 2.37. The van der Waals surface area contributed by atoms with Gasteiger partial charge in [0.05, 0.1) is 5.75 Å². The van der Waals surface area contributed by atoms with Crippen molar-refractivity contribution in [1.29, 1.82) is 0 Å². The molecule has 0 bridgehead atoms.